The predicted molar refractivity (Wildman–Crippen MR) is 68.7 cm³/mol. The van der Waals surface area contributed by atoms with Crippen LogP contribution in [0.25, 0.3) is 0 Å². The maximum Gasteiger partial charge on any atom is 0.337 e. The number of carboxylic acids is 1. The molecule has 0 heterocycles. The average Bonchev–Trinajstić information content (AvgIpc) is 2.44. The number of carbonyl (C=O) groups excluding carboxylic acids is 1. The molecule has 1 aromatic carbocycles. The number of carbonyl (C=O) groups is 2. The van der Waals surface area contributed by atoms with E-state index in [9.17, 15) is 14.7 Å². The number of esters is 1. The van der Waals surface area contributed by atoms with Crippen LogP contribution < -0.4 is 0 Å². The third-order valence-electron chi connectivity index (χ3n) is 2.69. The second-order valence-electron chi connectivity index (χ2n) is 4.08. The molecule has 0 aliphatic heterocycles. The van der Waals surface area contributed by atoms with Crippen LogP contribution in [0.3, 0.4) is 0 Å². The SMILES string of the molecule is CCOC(=O)CCc1ccc(C#N)c(C(O)C(=O)O)c1. The van der Waals surface area contributed by atoms with Crippen molar-refractivity contribution in [3.8, 4) is 6.07 Å². The van der Waals surface area contributed by atoms with Gasteiger partial charge < -0.3 is 14.9 Å². The zero-order chi connectivity index (χ0) is 15.1. The Morgan fingerprint density at radius 1 is 1.45 bits per heavy atom. The summed E-state index contributed by atoms with van der Waals surface area (Å²) >= 11 is 0. The van der Waals surface area contributed by atoms with E-state index in [1.807, 2.05) is 6.07 Å². The van der Waals surface area contributed by atoms with Crippen molar-refractivity contribution < 1.29 is 24.5 Å². The van der Waals surface area contributed by atoms with Crippen LogP contribution in [0.4, 0.5) is 0 Å². The quantitative estimate of drug-likeness (QED) is 0.756. The lowest BCUT2D eigenvalue weighted by Crippen LogP contribution is -2.13. The van der Waals surface area contributed by atoms with Crippen LogP contribution in [0.15, 0.2) is 18.2 Å². The first-order valence-corrected chi connectivity index (χ1v) is 6.09. The van der Waals surface area contributed by atoms with Gasteiger partial charge in [-0.3, -0.25) is 4.79 Å². The van der Waals surface area contributed by atoms with Crippen LogP contribution in [-0.4, -0.2) is 28.8 Å². The monoisotopic (exact) mass is 277 g/mol. The van der Waals surface area contributed by atoms with E-state index in [1.54, 1.807) is 13.0 Å². The van der Waals surface area contributed by atoms with Crippen molar-refractivity contribution in [2.45, 2.75) is 25.9 Å². The number of nitriles is 1. The number of rotatable bonds is 6. The summed E-state index contributed by atoms with van der Waals surface area (Å²) in [5, 5.41) is 27.3. The minimum absolute atomic E-state index is 0.0290. The van der Waals surface area contributed by atoms with Crippen LogP contribution >= 0.6 is 0 Å². The van der Waals surface area contributed by atoms with Gasteiger partial charge in [0.2, 0.25) is 0 Å². The Bertz CT molecular complexity index is 547. The molecule has 6 nitrogen and oxygen atoms in total. The Labute approximate surface area is 116 Å². The fraction of sp³-hybridized carbons (Fsp3) is 0.357. The Hall–Kier alpha value is -2.39. The molecular weight excluding hydrogens is 262 g/mol. The Balaban J connectivity index is 2.90. The van der Waals surface area contributed by atoms with Gasteiger partial charge in [-0.2, -0.15) is 5.26 Å². The lowest BCUT2D eigenvalue weighted by atomic mass is 9.98. The lowest BCUT2D eigenvalue weighted by molar-refractivity contribution is -0.147. The fourth-order valence-electron chi connectivity index (χ4n) is 1.71. The molecule has 20 heavy (non-hydrogen) atoms. The molecule has 1 atom stereocenters. The number of benzene rings is 1. The molecule has 0 fully saturated rings. The van der Waals surface area contributed by atoms with Gasteiger partial charge in [0, 0.05) is 12.0 Å². The minimum Gasteiger partial charge on any atom is -0.479 e. The third kappa shape index (κ3) is 4.07. The van der Waals surface area contributed by atoms with Crippen LogP contribution in [0.2, 0.25) is 0 Å². The highest BCUT2D eigenvalue weighted by Crippen LogP contribution is 2.20. The topological polar surface area (TPSA) is 108 Å². The molecule has 0 bridgehead atoms. The van der Waals surface area contributed by atoms with Gasteiger partial charge >= 0.3 is 11.9 Å². The van der Waals surface area contributed by atoms with Crippen molar-refractivity contribution in [3.05, 3.63) is 34.9 Å². The first-order chi connectivity index (χ1) is 9.49. The molecule has 106 valence electrons. The lowest BCUT2D eigenvalue weighted by Gasteiger charge is -2.10. The maximum absolute atomic E-state index is 11.2. The highest BCUT2D eigenvalue weighted by Gasteiger charge is 2.20. The summed E-state index contributed by atoms with van der Waals surface area (Å²) in [6.07, 6.45) is -1.25. The van der Waals surface area contributed by atoms with Crippen LogP contribution in [-0.2, 0) is 20.7 Å². The number of ether oxygens (including phenoxy) is 1. The molecule has 0 aromatic heterocycles. The molecule has 0 aliphatic rings. The van der Waals surface area contributed by atoms with E-state index < -0.39 is 12.1 Å². The number of aliphatic hydroxyl groups excluding tert-OH is 1. The van der Waals surface area contributed by atoms with E-state index >= 15 is 0 Å². The Morgan fingerprint density at radius 3 is 2.70 bits per heavy atom. The van der Waals surface area contributed by atoms with Crippen molar-refractivity contribution >= 4 is 11.9 Å². The summed E-state index contributed by atoms with van der Waals surface area (Å²) in [6, 6.07) is 6.31. The van der Waals surface area contributed by atoms with E-state index in [-0.39, 0.29) is 23.5 Å². The zero-order valence-corrected chi connectivity index (χ0v) is 11.0. The van der Waals surface area contributed by atoms with E-state index in [4.69, 9.17) is 15.1 Å². The number of aryl methyl sites for hydroxylation is 1. The van der Waals surface area contributed by atoms with E-state index in [2.05, 4.69) is 0 Å². The number of carboxylic acid groups (broad SMARTS) is 1. The first-order valence-electron chi connectivity index (χ1n) is 6.09. The van der Waals surface area contributed by atoms with E-state index in [1.165, 1.54) is 12.1 Å². The number of hydrogen-bond acceptors (Lipinski definition) is 5. The van der Waals surface area contributed by atoms with Crippen molar-refractivity contribution in [3.63, 3.8) is 0 Å². The molecule has 6 heteroatoms. The largest absolute Gasteiger partial charge is 0.479 e. The van der Waals surface area contributed by atoms with E-state index in [0.717, 1.165) is 0 Å². The molecule has 0 aliphatic carbocycles. The second kappa shape index (κ2) is 7.26. The average molecular weight is 277 g/mol. The molecule has 0 saturated heterocycles. The van der Waals surface area contributed by atoms with Gasteiger partial charge in [0.15, 0.2) is 6.10 Å². The molecule has 1 unspecified atom stereocenters. The van der Waals surface area contributed by atoms with E-state index in [0.29, 0.717) is 18.6 Å². The predicted octanol–water partition coefficient (Wildman–Crippen LogP) is 1.17. The highest BCUT2D eigenvalue weighted by atomic mass is 16.5. The van der Waals surface area contributed by atoms with Gasteiger partial charge in [0.05, 0.1) is 18.2 Å². The summed E-state index contributed by atoms with van der Waals surface area (Å²) in [4.78, 5) is 22.0. The molecule has 0 amide bonds. The summed E-state index contributed by atoms with van der Waals surface area (Å²) in [5.41, 5.74) is 0.786. The summed E-state index contributed by atoms with van der Waals surface area (Å²) in [5.74, 6) is -1.78. The van der Waals surface area contributed by atoms with Crippen molar-refractivity contribution in [1.82, 2.24) is 0 Å². The first kappa shape index (κ1) is 15.7. The summed E-state index contributed by atoms with van der Waals surface area (Å²) in [7, 11) is 0. The van der Waals surface area contributed by atoms with Gasteiger partial charge in [0.1, 0.15) is 0 Å². The zero-order valence-electron chi connectivity index (χ0n) is 11.0. The smallest absolute Gasteiger partial charge is 0.337 e. The van der Waals surface area contributed by atoms with Gasteiger partial charge in [-0.1, -0.05) is 12.1 Å². The minimum atomic E-state index is -1.76. The molecule has 2 N–H and O–H groups in total. The van der Waals surface area contributed by atoms with Crippen molar-refractivity contribution in [2.24, 2.45) is 0 Å². The Morgan fingerprint density at radius 2 is 2.15 bits per heavy atom. The van der Waals surface area contributed by atoms with Crippen LogP contribution in [0.1, 0.15) is 36.1 Å². The normalized spacial score (nSPS) is 11.4. The van der Waals surface area contributed by atoms with Gasteiger partial charge in [0.25, 0.3) is 0 Å². The number of nitrogens with zero attached hydrogens (tertiary/aromatic N) is 1. The molecule has 1 aromatic rings. The summed E-state index contributed by atoms with van der Waals surface area (Å²) in [6.45, 7) is 2.01. The number of hydrogen-bond donors (Lipinski definition) is 2. The Kier molecular flexibility index (Phi) is 5.69. The number of aliphatic hydroxyl groups is 1. The van der Waals surface area contributed by atoms with Gasteiger partial charge in [-0.15, -0.1) is 0 Å². The second-order valence-corrected chi connectivity index (χ2v) is 4.08. The highest BCUT2D eigenvalue weighted by molar-refractivity contribution is 5.75. The van der Waals surface area contributed by atoms with Crippen LogP contribution in [0.5, 0.6) is 0 Å². The van der Waals surface area contributed by atoms with Gasteiger partial charge in [-0.05, 0) is 25.0 Å². The fourth-order valence-corrected chi connectivity index (χ4v) is 1.71. The molecule has 0 radical (unpaired) electrons. The molecule has 1 rings (SSSR count). The standard InChI is InChI=1S/C14H15NO5/c1-2-20-12(16)6-4-9-3-5-10(8-15)11(7-9)13(17)14(18)19/h3,5,7,13,17H,2,4,6H2,1H3,(H,18,19). The van der Waals surface area contributed by atoms with Crippen LogP contribution in [0, 0.1) is 11.3 Å². The molecular formula is C14H15NO5. The summed E-state index contributed by atoms with van der Waals surface area (Å²) < 4.78 is 4.79. The molecule has 0 spiro atoms. The number of aliphatic carboxylic acids is 1. The maximum atomic E-state index is 11.2. The van der Waals surface area contributed by atoms with Gasteiger partial charge in [-0.25, -0.2) is 4.79 Å². The molecule has 0 saturated carbocycles. The van der Waals surface area contributed by atoms with Crippen molar-refractivity contribution in [2.75, 3.05) is 6.61 Å². The van der Waals surface area contributed by atoms with Crippen molar-refractivity contribution in [1.29, 1.82) is 5.26 Å². The third-order valence-corrected chi connectivity index (χ3v) is 2.69.